The molecule has 5 heteroatoms. The fraction of sp³-hybridized carbons (Fsp3) is 0. The molecular formula is C18H13ClN2O2. The fourth-order valence-electron chi connectivity index (χ4n) is 2.18. The number of hydrogen-bond acceptors (Lipinski definition) is 3. The van der Waals surface area contributed by atoms with Crippen LogP contribution in [0.3, 0.4) is 0 Å². The molecule has 0 aliphatic rings. The summed E-state index contributed by atoms with van der Waals surface area (Å²) in [6.45, 7) is 0. The van der Waals surface area contributed by atoms with E-state index in [4.69, 9.17) is 16.4 Å². The molecule has 0 heterocycles. The van der Waals surface area contributed by atoms with Crippen LogP contribution in [0, 0.1) is 0 Å². The van der Waals surface area contributed by atoms with Gasteiger partial charge >= 0.3 is 6.09 Å². The molecule has 3 rings (SSSR count). The van der Waals surface area contributed by atoms with E-state index in [1.165, 1.54) is 6.21 Å². The van der Waals surface area contributed by atoms with E-state index in [2.05, 4.69) is 10.5 Å². The second-order valence-corrected chi connectivity index (χ2v) is 5.19. The minimum absolute atomic E-state index is 0.536. The number of fused-ring (bicyclic) bond motifs is 1. The number of halogens is 1. The summed E-state index contributed by atoms with van der Waals surface area (Å²) in [4.78, 5) is 16.7. The van der Waals surface area contributed by atoms with Crippen LogP contribution in [0.1, 0.15) is 5.56 Å². The van der Waals surface area contributed by atoms with Crippen molar-refractivity contribution in [1.82, 2.24) is 0 Å². The van der Waals surface area contributed by atoms with Crippen LogP contribution in [0.15, 0.2) is 71.9 Å². The van der Waals surface area contributed by atoms with E-state index >= 15 is 0 Å². The molecule has 1 N–H and O–H groups in total. The number of amides is 1. The monoisotopic (exact) mass is 324 g/mol. The molecule has 114 valence electrons. The standard InChI is InChI=1S/C18H13ClN2O2/c19-16-10-4-2-7-14(16)12-20-23-18(22)21-17-11-5-8-13-6-1-3-9-15(13)17/h1-12H,(H,21,22)/b20-12+. The van der Waals surface area contributed by atoms with Crippen molar-refractivity contribution in [1.29, 1.82) is 0 Å². The van der Waals surface area contributed by atoms with E-state index in [0.29, 0.717) is 16.3 Å². The van der Waals surface area contributed by atoms with Crippen LogP contribution >= 0.6 is 11.6 Å². The highest BCUT2D eigenvalue weighted by Crippen LogP contribution is 2.23. The van der Waals surface area contributed by atoms with Crippen LogP contribution in [-0.2, 0) is 4.84 Å². The van der Waals surface area contributed by atoms with E-state index < -0.39 is 6.09 Å². The molecule has 0 aromatic heterocycles. The lowest BCUT2D eigenvalue weighted by Crippen LogP contribution is -2.11. The minimum Gasteiger partial charge on any atom is -0.298 e. The summed E-state index contributed by atoms with van der Waals surface area (Å²) in [5, 5.41) is 8.84. The Morgan fingerprint density at radius 2 is 1.74 bits per heavy atom. The lowest BCUT2D eigenvalue weighted by molar-refractivity contribution is 0.167. The maximum Gasteiger partial charge on any atom is 0.437 e. The Balaban J connectivity index is 1.69. The summed E-state index contributed by atoms with van der Waals surface area (Å²) < 4.78 is 0. The largest absolute Gasteiger partial charge is 0.437 e. The second-order valence-electron chi connectivity index (χ2n) is 4.79. The number of nitrogens with one attached hydrogen (secondary N) is 1. The third-order valence-corrected chi connectivity index (χ3v) is 3.60. The smallest absolute Gasteiger partial charge is 0.298 e. The summed E-state index contributed by atoms with van der Waals surface area (Å²) >= 11 is 5.99. The van der Waals surface area contributed by atoms with Crippen molar-refractivity contribution in [2.75, 3.05) is 5.32 Å². The quantitative estimate of drug-likeness (QED) is 0.415. The molecule has 1 amide bonds. The van der Waals surface area contributed by atoms with Crippen LogP contribution in [0.2, 0.25) is 5.02 Å². The number of carbonyl (C=O) groups excluding carboxylic acids is 1. The molecular weight excluding hydrogens is 312 g/mol. The zero-order valence-corrected chi connectivity index (χ0v) is 12.8. The molecule has 0 bridgehead atoms. The highest BCUT2D eigenvalue weighted by atomic mass is 35.5. The number of benzene rings is 3. The average molecular weight is 325 g/mol. The van der Waals surface area contributed by atoms with Gasteiger partial charge in [-0.2, -0.15) is 0 Å². The molecule has 3 aromatic carbocycles. The van der Waals surface area contributed by atoms with Gasteiger partial charge in [0.15, 0.2) is 0 Å². The first-order valence-corrected chi connectivity index (χ1v) is 7.35. The van der Waals surface area contributed by atoms with Gasteiger partial charge in [0.2, 0.25) is 0 Å². The predicted molar refractivity (Wildman–Crippen MR) is 93.1 cm³/mol. The first-order valence-electron chi connectivity index (χ1n) is 6.98. The lowest BCUT2D eigenvalue weighted by atomic mass is 10.1. The van der Waals surface area contributed by atoms with Crippen molar-refractivity contribution in [2.24, 2.45) is 5.16 Å². The Morgan fingerprint density at radius 1 is 1.00 bits per heavy atom. The van der Waals surface area contributed by atoms with E-state index in [9.17, 15) is 4.79 Å². The molecule has 0 aliphatic carbocycles. The third-order valence-electron chi connectivity index (χ3n) is 3.26. The molecule has 3 aromatic rings. The second kappa shape index (κ2) is 6.94. The predicted octanol–water partition coefficient (Wildman–Crippen LogP) is 5.08. The van der Waals surface area contributed by atoms with Crippen LogP contribution in [0.25, 0.3) is 10.8 Å². The Bertz CT molecular complexity index is 872. The maximum atomic E-state index is 11.9. The maximum absolute atomic E-state index is 11.9. The summed E-state index contributed by atoms with van der Waals surface area (Å²) in [7, 11) is 0. The van der Waals surface area contributed by atoms with E-state index in [-0.39, 0.29) is 0 Å². The number of nitrogens with zero attached hydrogens (tertiary/aromatic N) is 1. The molecule has 0 saturated heterocycles. The van der Waals surface area contributed by atoms with Crippen LogP contribution in [-0.4, -0.2) is 12.3 Å². The van der Waals surface area contributed by atoms with Crippen LogP contribution in [0.4, 0.5) is 10.5 Å². The SMILES string of the molecule is O=C(Nc1cccc2ccccc12)O/N=C/c1ccccc1Cl. The van der Waals surface area contributed by atoms with Gasteiger partial charge in [-0.1, -0.05) is 71.4 Å². The van der Waals surface area contributed by atoms with Gasteiger partial charge in [0.1, 0.15) is 0 Å². The molecule has 0 aliphatic heterocycles. The van der Waals surface area contributed by atoms with Gasteiger partial charge in [-0.15, -0.1) is 0 Å². The van der Waals surface area contributed by atoms with Gasteiger partial charge < -0.3 is 0 Å². The zero-order chi connectivity index (χ0) is 16.1. The molecule has 0 fully saturated rings. The van der Waals surface area contributed by atoms with Gasteiger partial charge in [-0.3, -0.25) is 10.2 Å². The van der Waals surface area contributed by atoms with Crippen molar-refractivity contribution in [2.45, 2.75) is 0 Å². The normalized spacial score (nSPS) is 10.8. The highest BCUT2D eigenvalue weighted by Gasteiger charge is 2.06. The Morgan fingerprint density at radius 3 is 2.61 bits per heavy atom. The number of anilines is 1. The number of oxime groups is 1. The summed E-state index contributed by atoms with van der Waals surface area (Å²) in [6.07, 6.45) is 0.732. The van der Waals surface area contributed by atoms with Crippen molar-refractivity contribution in [3.8, 4) is 0 Å². The van der Waals surface area contributed by atoms with Crippen molar-refractivity contribution in [3.05, 3.63) is 77.3 Å². The van der Waals surface area contributed by atoms with Gasteiger partial charge in [0.05, 0.1) is 11.9 Å². The van der Waals surface area contributed by atoms with Gasteiger partial charge in [0.25, 0.3) is 0 Å². The van der Waals surface area contributed by atoms with Crippen molar-refractivity contribution >= 4 is 40.4 Å². The number of carbonyl (C=O) groups is 1. The Hall–Kier alpha value is -2.85. The van der Waals surface area contributed by atoms with Crippen LogP contribution in [0.5, 0.6) is 0 Å². The Kier molecular flexibility index (Phi) is 4.54. The van der Waals surface area contributed by atoms with Crippen molar-refractivity contribution in [3.63, 3.8) is 0 Å². The fourth-order valence-corrected chi connectivity index (χ4v) is 2.36. The molecule has 0 saturated carbocycles. The van der Waals surface area contributed by atoms with Crippen LogP contribution < -0.4 is 5.32 Å². The van der Waals surface area contributed by atoms with Crippen molar-refractivity contribution < 1.29 is 9.63 Å². The average Bonchev–Trinajstić information content (AvgIpc) is 2.57. The summed E-state index contributed by atoms with van der Waals surface area (Å²) in [6, 6.07) is 20.5. The van der Waals surface area contributed by atoms with Gasteiger partial charge in [-0.25, -0.2) is 4.79 Å². The van der Waals surface area contributed by atoms with E-state index in [1.807, 2.05) is 48.5 Å². The number of hydrogen-bond donors (Lipinski definition) is 1. The molecule has 0 radical (unpaired) electrons. The number of rotatable bonds is 3. The Labute approximate surface area is 138 Å². The summed E-state index contributed by atoms with van der Waals surface area (Å²) in [5.41, 5.74) is 1.34. The molecule has 0 atom stereocenters. The molecule has 0 spiro atoms. The third kappa shape index (κ3) is 3.67. The zero-order valence-electron chi connectivity index (χ0n) is 12.1. The molecule has 4 nitrogen and oxygen atoms in total. The topological polar surface area (TPSA) is 50.7 Å². The minimum atomic E-state index is -0.662. The first-order chi connectivity index (χ1) is 11.2. The van der Waals surface area contributed by atoms with E-state index in [1.54, 1.807) is 18.2 Å². The molecule has 23 heavy (non-hydrogen) atoms. The van der Waals surface area contributed by atoms with E-state index in [0.717, 1.165) is 10.8 Å². The lowest BCUT2D eigenvalue weighted by Gasteiger charge is -2.06. The first kappa shape index (κ1) is 15.1. The summed E-state index contributed by atoms with van der Waals surface area (Å²) in [5.74, 6) is 0. The van der Waals surface area contributed by atoms with Gasteiger partial charge in [0, 0.05) is 16.0 Å². The highest BCUT2D eigenvalue weighted by molar-refractivity contribution is 6.33. The van der Waals surface area contributed by atoms with Gasteiger partial charge in [-0.05, 0) is 17.5 Å². The molecule has 0 unspecified atom stereocenters.